The lowest BCUT2D eigenvalue weighted by atomic mass is 10.3. The number of aliphatic hydroxyl groups excluding tert-OH is 2. The number of aliphatic hydroxyl groups is 2. The minimum Gasteiger partial charge on any atom is -0.494 e. The molecule has 0 fully saturated rings. The molecule has 0 radical (unpaired) electrons. The highest BCUT2D eigenvalue weighted by Gasteiger charge is 2.00. The second kappa shape index (κ2) is 12.9. The zero-order valence-electron chi connectivity index (χ0n) is 12.8. The average molecular weight is 284 g/mol. The van der Waals surface area contributed by atoms with Crippen LogP contribution in [0, 0.1) is 0 Å². The second-order valence-corrected chi connectivity index (χ2v) is 4.69. The summed E-state index contributed by atoms with van der Waals surface area (Å²) in [5.74, 6) is 0.973. The molecule has 0 aromatic heterocycles. The molecule has 0 aliphatic rings. The van der Waals surface area contributed by atoms with E-state index in [1.165, 1.54) is 6.42 Å². The summed E-state index contributed by atoms with van der Waals surface area (Å²) in [6, 6.07) is 9.93. The predicted molar refractivity (Wildman–Crippen MR) is 81.0 cm³/mol. The third-order valence-corrected chi connectivity index (χ3v) is 2.39. The van der Waals surface area contributed by atoms with Gasteiger partial charge in [0.1, 0.15) is 5.75 Å². The maximum atomic E-state index is 8.69. The van der Waals surface area contributed by atoms with Gasteiger partial charge in [0.2, 0.25) is 0 Å². The number of para-hydroxylation sites is 1. The fraction of sp³-hybridized carbons (Fsp3) is 0.625. The zero-order valence-corrected chi connectivity index (χ0v) is 12.8. The van der Waals surface area contributed by atoms with E-state index in [0.717, 1.165) is 18.8 Å². The number of unbranched alkanes of at least 4 members (excludes halogenated alkanes) is 1. The van der Waals surface area contributed by atoms with E-state index in [1.807, 2.05) is 30.3 Å². The van der Waals surface area contributed by atoms with Gasteiger partial charge in [-0.3, -0.25) is 0 Å². The van der Waals surface area contributed by atoms with Crippen LogP contribution in [-0.4, -0.2) is 42.2 Å². The largest absolute Gasteiger partial charge is 0.494 e. The van der Waals surface area contributed by atoms with E-state index in [1.54, 1.807) is 13.8 Å². The standard InChI is InChI=1S/C10H14O.C6H14O3/c1-2-3-9-11-10-7-5-4-6-8-10;1-5(8)4-9-6(2)3-7/h4-8H,2-3,9H2,1H3;5-8H,3-4H2,1-2H3. The summed E-state index contributed by atoms with van der Waals surface area (Å²) in [7, 11) is 0. The molecule has 0 bridgehead atoms. The Morgan fingerprint density at radius 1 is 1.15 bits per heavy atom. The normalized spacial score (nSPS) is 13.1. The summed E-state index contributed by atoms with van der Waals surface area (Å²) in [6.07, 6.45) is 1.71. The fourth-order valence-electron chi connectivity index (χ4n) is 1.21. The molecule has 0 saturated heterocycles. The van der Waals surface area contributed by atoms with Crippen molar-refractivity contribution in [3.8, 4) is 5.75 Å². The van der Waals surface area contributed by atoms with Crippen LogP contribution in [-0.2, 0) is 4.74 Å². The average Bonchev–Trinajstić information content (AvgIpc) is 2.47. The summed E-state index contributed by atoms with van der Waals surface area (Å²) in [4.78, 5) is 0. The van der Waals surface area contributed by atoms with Crippen molar-refractivity contribution in [2.45, 2.75) is 45.8 Å². The van der Waals surface area contributed by atoms with Crippen LogP contribution < -0.4 is 4.74 Å². The first-order chi connectivity index (χ1) is 9.60. The Hall–Kier alpha value is -1.10. The van der Waals surface area contributed by atoms with Crippen LogP contribution >= 0.6 is 0 Å². The minimum absolute atomic E-state index is 0.00667. The van der Waals surface area contributed by atoms with Crippen molar-refractivity contribution in [3.63, 3.8) is 0 Å². The monoisotopic (exact) mass is 284 g/mol. The highest BCUT2D eigenvalue weighted by atomic mass is 16.5. The van der Waals surface area contributed by atoms with Crippen LogP contribution in [0.2, 0.25) is 0 Å². The van der Waals surface area contributed by atoms with Gasteiger partial charge in [-0.2, -0.15) is 0 Å². The van der Waals surface area contributed by atoms with E-state index in [2.05, 4.69) is 6.92 Å². The van der Waals surface area contributed by atoms with Crippen molar-refractivity contribution in [1.82, 2.24) is 0 Å². The molecule has 20 heavy (non-hydrogen) atoms. The van der Waals surface area contributed by atoms with Crippen molar-refractivity contribution < 1.29 is 19.7 Å². The first kappa shape index (κ1) is 18.9. The van der Waals surface area contributed by atoms with E-state index < -0.39 is 6.10 Å². The number of hydrogen-bond acceptors (Lipinski definition) is 4. The van der Waals surface area contributed by atoms with Gasteiger partial charge in [0.15, 0.2) is 0 Å². The van der Waals surface area contributed by atoms with Gasteiger partial charge < -0.3 is 19.7 Å². The quantitative estimate of drug-likeness (QED) is 0.721. The van der Waals surface area contributed by atoms with Gasteiger partial charge in [0.05, 0.1) is 32.0 Å². The zero-order chi connectivity index (χ0) is 15.2. The summed E-state index contributed by atoms with van der Waals surface area (Å²) in [6.45, 7) is 6.69. The van der Waals surface area contributed by atoms with Gasteiger partial charge in [-0.1, -0.05) is 31.5 Å². The topological polar surface area (TPSA) is 58.9 Å². The van der Waals surface area contributed by atoms with Gasteiger partial charge in [0.25, 0.3) is 0 Å². The van der Waals surface area contributed by atoms with Crippen molar-refractivity contribution in [2.24, 2.45) is 0 Å². The molecule has 0 amide bonds. The maximum absolute atomic E-state index is 8.69. The third-order valence-electron chi connectivity index (χ3n) is 2.39. The Morgan fingerprint density at radius 3 is 2.30 bits per heavy atom. The van der Waals surface area contributed by atoms with Crippen LogP contribution in [0.15, 0.2) is 30.3 Å². The van der Waals surface area contributed by atoms with E-state index in [9.17, 15) is 0 Å². The van der Waals surface area contributed by atoms with Gasteiger partial charge in [-0.15, -0.1) is 0 Å². The second-order valence-electron chi connectivity index (χ2n) is 4.69. The molecule has 2 atom stereocenters. The molecule has 1 aromatic rings. The fourth-order valence-corrected chi connectivity index (χ4v) is 1.21. The molecule has 1 aromatic carbocycles. The van der Waals surface area contributed by atoms with Crippen LogP contribution in [0.1, 0.15) is 33.6 Å². The lowest BCUT2D eigenvalue weighted by molar-refractivity contribution is -0.0177. The van der Waals surface area contributed by atoms with E-state index in [-0.39, 0.29) is 12.7 Å². The third kappa shape index (κ3) is 12.0. The highest BCUT2D eigenvalue weighted by Crippen LogP contribution is 2.08. The molecule has 0 aliphatic carbocycles. The Labute approximate surface area is 122 Å². The van der Waals surface area contributed by atoms with Crippen LogP contribution in [0.5, 0.6) is 5.75 Å². The predicted octanol–water partition coefficient (Wildman–Crippen LogP) is 2.63. The molecule has 0 spiro atoms. The molecule has 0 aliphatic heterocycles. The Kier molecular flexibility index (Phi) is 12.2. The number of hydrogen-bond donors (Lipinski definition) is 2. The molecule has 2 N–H and O–H groups in total. The molecule has 4 heteroatoms. The summed E-state index contributed by atoms with van der Waals surface area (Å²) >= 11 is 0. The number of rotatable bonds is 8. The number of ether oxygens (including phenoxy) is 2. The smallest absolute Gasteiger partial charge is 0.119 e. The minimum atomic E-state index is -0.445. The van der Waals surface area contributed by atoms with E-state index >= 15 is 0 Å². The van der Waals surface area contributed by atoms with Gasteiger partial charge in [-0.05, 0) is 32.4 Å². The van der Waals surface area contributed by atoms with Crippen LogP contribution in [0.3, 0.4) is 0 Å². The van der Waals surface area contributed by atoms with Gasteiger partial charge in [-0.25, -0.2) is 0 Å². The molecular formula is C16H28O4. The van der Waals surface area contributed by atoms with Crippen LogP contribution in [0.25, 0.3) is 0 Å². The lowest BCUT2D eigenvalue weighted by Gasteiger charge is -2.10. The van der Waals surface area contributed by atoms with Crippen LogP contribution in [0.4, 0.5) is 0 Å². The molecule has 1 rings (SSSR count). The van der Waals surface area contributed by atoms with Crippen molar-refractivity contribution in [1.29, 1.82) is 0 Å². The summed E-state index contributed by atoms with van der Waals surface area (Å²) < 4.78 is 10.4. The highest BCUT2D eigenvalue weighted by molar-refractivity contribution is 5.20. The van der Waals surface area contributed by atoms with Gasteiger partial charge >= 0.3 is 0 Å². The van der Waals surface area contributed by atoms with Gasteiger partial charge in [0, 0.05) is 0 Å². The first-order valence-electron chi connectivity index (χ1n) is 7.18. The molecule has 116 valence electrons. The molecule has 2 unspecified atom stereocenters. The van der Waals surface area contributed by atoms with E-state index in [4.69, 9.17) is 19.7 Å². The maximum Gasteiger partial charge on any atom is 0.119 e. The Bertz CT molecular complexity index is 301. The summed E-state index contributed by atoms with van der Waals surface area (Å²) in [5.41, 5.74) is 0. The molecule has 0 heterocycles. The number of benzene rings is 1. The SMILES string of the molecule is CC(O)COC(C)CO.CCCCOc1ccccc1. The lowest BCUT2D eigenvalue weighted by Crippen LogP contribution is -2.19. The summed E-state index contributed by atoms with van der Waals surface area (Å²) in [5, 5.41) is 17.1. The van der Waals surface area contributed by atoms with E-state index in [0.29, 0.717) is 6.61 Å². The van der Waals surface area contributed by atoms with Crippen molar-refractivity contribution >= 4 is 0 Å². The molecular weight excluding hydrogens is 256 g/mol. The Morgan fingerprint density at radius 2 is 1.80 bits per heavy atom. The van der Waals surface area contributed by atoms with Crippen molar-refractivity contribution in [3.05, 3.63) is 30.3 Å². The van der Waals surface area contributed by atoms with Crippen molar-refractivity contribution in [2.75, 3.05) is 19.8 Å². The molecule has 0 saturated carbocycles. The first-order valence-corrected chi connectivity index (χ1v) is 7.18. The Balaban J connectivity index is 0.000000370. The molecule has 4 nitrogen and oxygen atoms in total.